The number of benzene rings is 3. The summed E-state index contributed by atoms with van der Waals surface area (Å²) >= 11 is 6.14. The number of carbonyl (C=O) groups excluding carboxylic acids is 1. The molecule has 174 valence electrons. The van der Waals surface area contributed by atoms with Gasteiger partial charge < -0.3 is 10.1 Å². The van der Waals surface area contributed by atoms with Crippen molar-refractivity contribution in [3.63, 3.8) is 0 Å². The smallest absolute Gasteiger partial charge is 0.255 e. The molecule has 0 aliphatic rings. The molecule has 4 rings (SSSR count). The Bertz CT molecular complexity index is 1300. The molecule has 1 aromatic heterocycles. The summed E-state index contributed by atoms with van der Waals surface area (Å²) in [6.45, 7) is 4.02. The molecule has 0 radical (unpaired) electrons. The Morgan fingerprint density at radius 1 is 1.03 bits per heavy atom. The van der Waals surface area contributed by atoms with Gasteiger partial charge in [-0.05, 0) is 67.9 Å². The molecule has 8 heteroatoms. The number of aromatic nitrogens is 2. The summed E-state index contributed by atoms with van der Waals surface area (Å²) in [7, 11) is 0. The van der Waals surface area contributed by atoms with Crippen LogP contribution < -0.4 is 10.1 Å². The Labute approximate surface area is 200 Å². The molecule has 34 heavy (non-hydrogen) atoms. The first-order valence-electron chi connectivity index (χ1n) is 10.6. The molecular weight excluding hydrogens is 460 g/mol. The van der Waals surface area contributed by atoms with Gasteiger partial charge in [-0.15, -0.1) is 0 Å². The van der Waals surface area contributed by atoms with E-state index in [4.69, 9.17) is 16.3 Å². The van der Waals surface area contributed by atoms with Crippen LogP contribution in [0.4, 0.5) is 14.5 Å². The van der Waals surface area contributed by atoms with Crippen LogP contribution in [-0.4, -0.2) is 15.7 Å². The van der Waals surface area contributed by atoms with Crippen LogP contribution in [-0.2, 0) is 13.2 Å². The second-order valence-corrected chi connectivity index (χ2v) is 8.20. The van der Waals surface area contributed by atoms with Gasteiger partial charge in [0.1, 0.15) is 24.0 Å². The van der Waals surface area contributed by atoms with Crippen molar-refractivity contribution in [3.05, 3.63) is 111 Å². The molecule has 1 heterocycles. The summed E-state index contributed by atoms with van der Waals surface area (Å²) in [5.41, 5.74) is 3.54. The molecular formula is C26H22ClF2N3O2. The topological polar surface area (TPSA) is 56.2 Å². The molecule has 0 unspecified atom stereocenters. The predicted octanol–water partition coefficient (Wildman–Crippen LogP) is 6.31. The van der Waals surface area contributed by atoms with Crippen LogP contribution in [0.5, 0.6) is 5.75 Å². The molecule has 0 spiro atoms. The molecule has 5 nitrogen and oxygen atoms in total. The van der Waals surface area contributed by atoms with Gasteiger partial charge in [-0.1, -0.05) is 29.8 Å². The van der Waals surface area contributed by atoms with Crippen molar-refractivity contribution in [1.29, 1.82) is 0 Å². The van der Waals surface area contributed by atoms with Crippen molar-refractivity contribution in [2.24, 2.45) is 0 Å². The van der Waals surface area contributed by atoms with E-state index in [1.165, 1.54) is 18.2 Å². The minimum atomic E-state index is -0.408. The predicted molar refractivity (Wildman–Crippen MR) is 127 cm³/mol. The van der Waals surface area contributed by atoms with E-state index in [0.29, 0.717) is 39.0 Å². The Balaban J connectivity index is 1.43. The number of hydrogen-bond donors (Lipinski definition) is 1. The molecule has 0 saturated carbocycles. The average molecular weight is 482 g/mol. The van der Waals surface area contributed by atoms with Gasteiger partial charge in [-0.3, -0.25) is 9.48 Å². The van der Waals surface area contributed by atoms with Gasteiger partial charge in [-0.25, -0.2) is 8.78 Å². The molecule has 0 fully saturated rings. The Morgan fingerprint density at radius 3 is 2.41 bits per heavy atom. The lowest BCUT2D eigenvalue weighted by molar-refractivity contribution is 0.102. The lowest BCUT2D eigenvalue weighted by atomic mass is 10.1. The van der Waals surface area contributed by atoms with Gasteiger partial charge in [0.2, 0.25) is 0 Å². The van der Waals surface area contributed by atoms with E-state index >= 15 is 0 Å². The third kappa shape index (κ3) is 5.26. The van der Waals surface area contributed by atoms with Crippen molar-refractivity contribution >= 4 is 23.2 Å². The third-order valence-corrected chi connectivity index (χ3v) is 5.78. The van der Waals surface area contributed by atoms with Crippen LogP contribution in [0.25, 0.3) is 0 Å². The van der Waals surface area contributed by atoms with Crippen LogP contribution in [0.1, 0.15) is 32.9 Å². The normalized spacial score (nSPS) is 10.9. The number of halogens is 3. The zero-order chi connectivity index (χ0) is 24.2. The summed E-state index contributed by atoms with van der Waals surface area (Å²) in [5.74, 6) is -0.465. The highest BCUT2D eigenvalue weighted by Gasteiger charge is 2.17. The summed E-state index contributed by atoms with van der Waals surface area (Å²) < 4.78 is 34.4. The van der Waals surface area contributed by atoms with Crippen molar-refractivity contribution in [1.82, 2.24) is 9.78 Å². The minimum Gasteiger partial charge on any atom is -0.489 e. The first-order chi connectivity index (χ1) is 16.3. The molecule has 0 aliphatic heterocycles. The van der Waals surface area contributed by atoms with E-state index in [1.54, 1.807) is 67.1 Å². The quantitative estimate of drug-likeness (QED) is 0.336. The molecule has 1 amide bonds. The average Bonchev–Trinajstić information content (AvgIpc) is 3.09. The fourth-order valence-corrected chi connectivity index (χ4v) is 3.72. The number of anilines is 1. The highest BCUT2D eigenvalue weighted by atomic mass is 35.5. The second kappa shape index (κ2) is 10.1. The zero-order valence-corrected chi connectivity index (χ0v) is 19.4. The fourth-order valence-electron chi connectivity index (χ4n) is 3.50. The molecule has 1 N–H and O–H groups in total. The lowest BCUT2D eigenvalue weighted by Crippen LogP contribution is -2.13. The van der Waals surface area contributed by atoms with Crippen LogP contribution in [0, 0.1) is 25.5 Å². The van der Waals surface area contributed by atoms with Crippen LogP contribution >= 0.6 is 11.6 Å². The van der Waals surface area contributed by atoms with E-state index in [2.05, 4.69) is 10.4 Å². The Morgan fingerprint density at radius 2 is 1.74 bits per heavy atom. The van der Waals surface area contributed by atoms with Crippen LogP contribution in [0.3, 0.4) is 0 Å². The summed E-state index contributed by atoms with van der Waals surface area (Å²) in [6, 6.07) is 17.3. The monoisotopic (exact) mass is 481 g/mol. The maximum atomic E-state index is 14.2. The Kier molecular flexibility index (Phi) is 6.93. The maximum Gasteiger partial charge on any atom is 0.255 e. The van der Waals surface area contributed by atoms with E-state index in [9.17, 15) is 13.6 Å². The number of aryl methyl sites for hydroxylation is 1. The SMILES string of the molecule is Cc1nn(Cc2c(F)cccc2Cl)c(C)c1NC(=O)c1ccc(COc2ccc(F)cc2)cc1. The first kappa shape index (κ1) is 23.4. The standard InChI is InChI=1S/C26H22ClF2N3O2/c1-16-25(17(2)32(31-16)14-22-23(27)4-3-5-24(22)29)30-26(33)19-8-6-18(7-9-19)15-34-21-12-10-20(28)11-13-21/h3-13H,14-15H2,1-2H3,(H,30,33). The molecule has 0 saturated heterocycles. The van der Waals surface area contributed by atoms with E-state index in [0.717, 1.165) is 5.56 Å². The van der Waals surface area contributed by atoms with Gasteiger partial charge in [0.15, 0.2) is 0 Å². The maximum absolute atomic E-state index is 14.2. The molecule has 4 aromatic rings. The van der Waals surface area contributed by atoms with Crippen LogP contribution in [0.15, 0.2) is 66.7 Å². The summed E-state index contributed by atoms with van der Waals surface area (Å²) in [5, 5.41) is 7.66. The zero-order valence-electron chi connectivity index (χ0n) is 18.6. The highest BCUT2D eigenvalue weighted by Crippen LogP contribution is 2.25. The van der Waals surface area contributed by atoms with Gasteiger partial charge >= 0.3 is 0 Å². The number of rotatable bonds is 7. The number of nitrogens with zero attached hydrogens (tertiary/aromatic N) is 2. The highest BCUT2D eigenvalue weighted by molar-refractivity contribution is 6.31. The summed E-state index contributed by atoms with van der Waals surface area (Å²) in [4.78, 5) is 12.8. The molecule has 0 bridgehead atoms. The molecule has 3 aromatic carbocycles. The van der Waals surface area contributed by atoms with Gasteiger partial charge in [0, 0.05) is 16.1 Å². The van der Waals surface area contributed by atoms with E-state index in [1.807, 2.05) is 0 Å². The van der Waals surface area contributed by atoms with Crippen LogP contribution in [0.2, 0.25) is 5.02 Å². The second-order valence-electron chi connectivity index (χ2n) is 7.80. The van der Waals surface area contributed by atoms with Crippen molar-refractivity contribution < 1.29 is 18.3 Å². The number of ether oxygens (including phenoxy) is 1. The lowest BCUT2D eigenvalue weighted by Gasteiger charge is -2.10. The number of nitrogens with one attached hydrogen (secondary N) is 1. The Hall–Kier alpha value is -3.71. The van der Waals surface area contributed by atoms with Gasteiger partial charge in [-0.2, -0.15) is 5.10 Å². The largest absolute Gasteiger partial charge is 0.489 e. The first-order valence-corrected chi connectivity index (χ1v) is 10.9. The third-order valence-electron chi connectivity index (χ3n) is 5.42. The number of carbonyl (C=O) groups is 1. The number of hydrogen-bond acceptors (Lipinski definition) is 3. The minimum absolute atomic E-state index is 0.150. The van der Waals surface area contributed by atoms with Crippen molar-refractivity contribution in [3.8, 4) is 5.75 Å². The number of amides is 1. The van der Waals surface area contributed by atoms with Gasteiger partial charge in [0.05, 0.1) is 23.6 Å². The van der Waals surface area contributed by atoms with Crippen molar-refractivity contribution in [2.45, 2.75) is 27.0 Å². The summed E-state index contributed by atoms with van der Waals surface area (Å²) in [6.07, 6.45) is 0. The van der Waals surface area contributed by atoms with E-state index in [-0.39, 0.29) is 24.9 Å². The van der Waals surface area contributed by atoms with E-state index < -0.39 is 5.82 Å². The fraction of sp³-hybridized carbons (Fsp3) is 0.154. The van der Waals surface area contributed by atoms with Gasteiger partial charge in [0.25, 0.3) is 5.91 Å². The van der Waals surface area contributed by atoms with Crippen molar-refractivity contribution in [2.75, 3.05) is 5.32 Å². The molecule has 0 atom stereocenters. The molecule has 0 aliphatic carbocycles.